The van der Waals surface area contributed by atoms with Crippen LogP contribution in [0.2, 0.25) is 10.0 Å². The summed E-state index contributed by atoms with van der Waals surface area (Å²) in [7, 11) is 0. The van der Waals surface area contributed by atoms with E-state index in [9.17, 15) is 0 Å². The molecule has 1 saturated heterocycles. The Kier molecular flexibility index (Phi) is 5.43. The van der Waals surface area contributed by atoms with Gasteiger partial charge in [-0.05, 0) is 36.5 Å². The van der Waals surface area contributed by atoms with Gasteiger partial charge in [-0.1, -0.05) is 49.2 Å². The third-order valence-electron chi connectivity index (χ3n) is 5.67. The Morgan fingerprint density at radius 1 is 1.22 bits per heavy atom. The van der Waals surface area contributed by atoms with E-state index in [1.807, 2.05) is 24.4 Å². The maximum absolute atomic E-state index is 6.37. The molecule has 2 aromatic rings. The zero-order valence-electron chi connectivity index (χ0n) is 15.8. The zero-order valence-corrected chi connectivity index (χ0v) is 17.4. The van der Waals surface area contributed by atoms with Crippen LogP contribution in [0, 0.1) is 0 Å². The summed E-state index contributed by atoms with van der Waals surface area (Å²) < 4.78 is 6.34. The van der Waals surface area contributed by atoms with Crippen molar-refractivity contribution in [2.75, 3.05) is 19.7 Å². The summed E-state index contributed by atoms with van der Waals surface area (Å²) in [5.74, 6) is 1.23. The molecule has 27 heavy (non-hydrogen) atoms. The molecular weight excluding hydrogens is 381 g/mol. The van der Waals surface area contributed by atoms with Crippen LogP contribution in [0.25, 0.3) is 0 Å². The van der Waals surface area contributed by atoms with Crippen LogP contribution in [0.5, 0.6) is 0 Å². The fourth-order valence-corrected chi connectivity index (χ4v) is 4.45. The van der Waals surface area contributed by atoms with Crippen LogP contribution >= 0.6 is 23.2 Å². The highest BCUT2D eigenvalue weighted by Crippen LogP contribution is 2.41. The summed E-state index contributed by atoms with van der Waals surface area (Å²) in [6, 6.07) is 5.84. The van der Waals surface area contributed by atoms with Gasteiger partial charge in [0.2, 0.25) is 0 Å². The quantitative estimate of drug-likeness (QED) is 0.722. The molecule has 0 radical (unpaired) electrons. The van der Waals surface area contributed by atoms with Gasteiger partial charge < -0.3 is 4.74 Å². The highest BCUT2D eigenvalue weighted by molar-refractivity contribution is 6.42. The monoisotopic (exact) mass is 405 g/mol. The fourth-order valence-electron chi connectivity index (χ4n) is 4.07. The molecule has 0 amide bonds. The SMILES string of the molecule is CC(C)c1ncc2c(n1)C1(CCN(Cc3cccc(Cl)c3Cl)CC1)OCC2. The number of likely N-dealkylation sites (tertiary alicyclic amines) is 1. The van der Waals surface area contributed by atoms with E-state index in [2.05, 4.69) is 23.7 Å². The second-order valence-corrected chi connectivity index (χ2v) is 8.62. The van der Waals surface area contributed by atoms with Crippen molar-refractivity contribution in [2.24, 2.45) is 0 Å². The normalized spacial score (nSPS) is 19.4. The molecular formula is C21H25Cl2N3O. The van der Waals surface area contributed by atoms with E-state index in [4.69, 9.17) is 32.9 Å². The van der Waals surface area contributed by atoms with Crippen molar-refractivity contribution in [3.8, 4) is 0 Å². The molecule has 4 rings (SSSR count). The standard InChI is InChI=1S/C21H25Cl2N3O/c1-14(2)20-24-12-15-6-11-27-21(19(15)25-20)7-9-26(10-8-21)13-16-4-3-5-17(22)18(16)23/h3-5,12,14H,6-11,13H2,1-2H3. The van der Waals surface area contributed by atoms with E-state index in [-0.39, 0.29) is 5.60 Å². The predicted octanol–water partition coefficient (Wildman–Crippen LogP) is 4.97. The lowest BCUT2D eigenvalue weighted by Crippen LogP contribution is -2.47. The molecule has 0 unspecified atom stereocenters. The minimum absolute atomic E-state index is 0.269. The van der Waals surface area contributed by atoms with E-state index in [1.54, 1.807) is 0 Å². The van der Waals surface area contributed by atoms with Gasteiger partial charge in [0, 0.05) is 31.7 Å². The predicted molar refractivity (Wildman–Crippen MR) is 108 cm³/mol. The Labute approximate surface area is 170 Å². The van der Waals surface area contributed by atoms with Crippen LogP contribution in [0.1, 0.15) is 55.3 Å². The number of ether oxygens (including phenoxy) is 1. The number of nitrogens with zero attached hydrogens (tertiary/aromatic N) is 3. The first-order valence-electron chi connectivity index (χ1n) is 9.64. The minimum atomic E-state index is -0.269. The molecule has 0 bridgehead atoms. The maximum atomic E-state index is 6.37. The Balaban J connectivity index is 1.52. The number of halogens is 2. The van der Waals surface area contributed by atoms with Crippen LogP contribution in [0.4, 0.5) is 0 Å². The highest BCUT2D eigenvalue weighted by atomic mass is 35.5. The van der Waals surface area contributed by atoms with Gasteiger partial charge in [-0.15, -0.1) is 0 Å². The van der Waals surface area contributed by atoms with Gasteiger partial charge in [-0.2, -0.15) is 0 Å². The van der Waals surface area contributed by atoms with Crippen molar-refractivity contribution in [2.45, 2.75) is 51.2 Å². The second-order valence-electron chi connectivity index (χ2n) is 7.84. The number of hydrogen-bond donors (Lipinski definition) is 0. The average molecular weight is 406 g/mol. The van der Waals surface area contributed by atoms with Crippen molar-refractivity contribution in [1.82, 2.24) is 14.9 Å². The minimum Gasteiger partial charge on any atom is -0.368 e. The Hall–Kier alpha value is -1.20. The summed E-state index contributed by atoms with van der Waals surface area (Å²) in [5.41, 5.74) is 3.17. The van der Waals surface area contributed by atoms with Crippen molar-refractivity contribution >= 4 is 23.2 Å². The molecule has 6 heteroatoms. The number of rotatable bonds is 3. The van der Waals surface area contributed by atoms with E-state index >= 15 is 0 Å². The first kappa shape index (κ1) is 19.1. The summed E-state index contributed by atoms with van der Waals surface area (Å²) in [6.45, 7) is 7.72. The number of benzene rings is 1. The van der Waals surface area contributed by atoms with Gasteiger partial charge in [0.1, 0.15) is 11.4 Å². The lowest BCUT2D eigenvalue weighted by atomic mass is 9.83. The smallest absolute Gasteiger partial charge is 0.131 e. The first-order valence-corrected chi connectivity index (χ1v) is 10.4. The van der Waals surface area contributed by atoms with Gasteiger partial charge in [-0.3, -0.25) is 4.90 Å². The van der Waals surface area contributed by atoms with Gasteiger partial charge in [0.15, 0.2) is 0 Å². The summed E-state index contributed by atoms with van der Waals surface area (Å²) in [4.78, 5) is 11.9. The lowest BCUT2D eigenvalue weighted by Gasteiger charge is -2.44. The van der Waals surface area contributed by atoms with Crippen LogP contribution in [-0.2, 0) is 23.3 Å². The molecule has 0 N–H and O–H groups in total. The van der Waals surface area contributed by atoms with Gasteiger partial charge >= 0.3 is 0 Å². The molecule has 3 heterocycles. The topological polar surface area (TPSA) is 38.2 Å². The highest BCUT2D eigenvalue weighted by Gasteiger charge is 2.42. The Bertz CT molecular complexity index is 832. The van der Waals surface area contributed by atoms with Crippen molar-refractivity contribution in [3.63, 3.8) is 0 Å². The molecule has 1 aromatic heterocycles. The molecule has 2 aliphatic heterocycles. The number of fused-ring (bicyclic) bond motifs is 2. The third kappa shape index (κ3) is 3.73. The maximum Gasteiger partial charge on any atom is 0.131 e. The summed E-state index contributed by atoms with van der Waals surface area (Å²) in [6.07, 6.45) is 4.79. The van der Waals surface area contributed by atoms with E-state index < -0.39 is 0 Å². The molecule has 144 valence electrons. The molecule has 1 fully saturated rings. The Morgan fingerprint density at radius 2 is 2.00 bits per heavy atom. The van der Waals surface area contributed by atoms with E-state index in [0.29, 0.717) is 16.0 Å². The molecule has 0 aliphatic carbocycles. The molecule has 1 spiro atoms. The zero-order chi connectivity index (χ0) is 19.0. The van der Waals surface area contributed by atoms with Crippen molar-refractivity contribution in [1.29, 1.82) is 0 Å². The number of hydrogen-bond acceptors (Lipinski definition) is 4. The Morgan fingerprint density at radius 3 is 2.74 bits per heavy atom. The van der Waals surface area contributed by atoms with Gasteiger partial charge in [0.05, 0.1) is 22.3 Å². The van der Waals surface area contributed by atoms with Crippen molar-refractivity contribution < 1.29 is 4.74 Å². The van der Waals surface area contributed by atoms with Gasteiger partial charge in [-0.25, -0.2) is 9.97 Å². The second kappa shape index (κ2) is 7.67. The van der Waals surface area contributed by atoms with E-state index in [0.717, 1.165) is 62.6 Å². The van der Waals surface area contributed by atoms with E-state index in [1.165, 1.54) is 5.56 Å². The molecule has 4 nitrogen and oxygen atoms in total. The first-order chi connectivity index (χ1) is 13.0. The van der Waals surface area contributed by atoms with Crippen LogP contribution in [-0.4, -0.2) is 34.6 Å². The van der Waals surface area contributed by atoms with Crippen LogP contribution in [0.15, 0.2) is 24.4 Å². The molecule has 1 aromatic carbocycles. The number of piperidine rings is 1. The number of aromatic nitrogens is 2. The van der Waals surface area contributed by atoms with Crippen LogP contribution in [0.3, 0.4) is 0 Å². The average Bonchev–Trinajstić information content (AvgIpc) is 2.67. The molecule has 2 aliphatic rings. The summed E-state index contributed by atoms with van der Waals surface area (Å²) >= 11 is 12.5. The lowest BCUT2D eigenvalue weighted by molar-refractivity contribution is -0.102. The molecule has 0 atom stereocenters. The molecule has 0 saturated carbocycles. The fraction of sp³-hybridized carbons (Fsp3) is 0.524. The largest absolute Gasteiger partial charge is 0.368 e. The van der Waals surface area contributed by atoms with Gasteiger partial charge in [0.25, 0.3) is 0 Å². The van der Waals surface area contributed by atoms with Crippen molar-refractivity contribution in [3.05, 3.63) is 57.1 Å². The third-order valence-corrected chi connectivity index (χ3v) is 6.53. The summed E-state index contributed by atoms with van der Waals surface area (Å²) in [5, 5.41) is 1.28. The van der Waals surface area contributed by atoms with Crippen LogP contribution < -0.4 is 0 Å².